The van der Waals surface area contributed by atoms with Crippen molar-refractivity contribution in [2.45, 2.75) is 69.9 Å². The maximum atomic E-state index is 13.7. The van der Waals surface area contributed by atoms with E-state index in [2.05, 4.69) is 9.88 Å². The van der Waals surface area contributed by atoms with Gasteiger partial charge in [0.05, 0.1) is 29.0 Å². The van der Waals surface area contributed by atoms with Crippen LogP contribution in [0.15, 0.2) is 109 Å². The summed E-state index contributed by atoms with van der Waals surface area (Å²) in [6, 6.07) is 29.3. The van der Waals surface area contributed by atoms with E-state index >= 15 is 0 Å². The highest BCUT2D eigenvalue weighted by Gasteiger charge is 2.39. The molecule has 1 aliphatic carbocycles. The van der Waals surface area contributed by atoms with Crippen LogP contribution in [0.4, 0.5) is 8.78 Å². The molecule has 5 aromatic rings. The van der Waals surface area contributed by atoms with Gasteiger partial charge in [-0.1, -0.05) is 83.9 Å². The summed E-state index contributed by atoms with van der Waals surface area (Å²) in [7, 11) is 0. The Hall–Kier alpha value is -5.76. The number of alkyl halides is 2. The van der Waals surface area contributed by atoms with Gasteiger partial charge in [-0.25, -0.2) is 0 Å². The van der Waals surface area contributed by atoms with Crippen LogP contribution < -0.4 is 14.2 Å². The van der Waals surface area contributed by atoms with Gasteiger partial charge in [-0.05, 0) is 115 Å². The molecule has 0 N–H and O–H groups in total. The molecule has 350 valence electrons. The molecule has 4 aromatic carbocycles. The van der Waals surface area contributed by atoms with Crippen LogP contribution in [-0.4, -0.2) is 84.7 Å². The minimum Gasteiger partial charge on any atom is -0.489 e. The predicted molar refractivity (Wildman–Crippen MR) is 247 cm³/mol. The van der Waals surface area contributed by atoms with Crippen molar-refractivity contribution in [2.75, 3.05) is 39.3 Å². The molecule has 2 bridgehead atoms. The Bertz CT molecular complexity index is 2510. The second kappa shape index (κ2) is 21.0. The lowest BCUT2D eigenvalue weighted by Crippen LogP contribution is -2.53. The molecule has 0 unspecified atom stereocenters. The number of amides is 1. The lowest BCUT2D eigenvalue weighted by atomic mass is 9.85. The van der Waals surface area contributed by atoms with Gasteiger partial charge in [0.1, 0.15) is 24.6 Å². The number of hydrogen-bond acceptors (Lipinski definition) is 10. The number of nitrogens with zero attached hydrogens (tertiary/aromatic N) is 3. The Labute approximate surface area is 398 Å². The molecular formula is C52H51Cl2F2N3O8. The SMILES string of the molecule is O=C(C[C@@H](c1ccccc1)c1cccc(OCc2ccc(C(=O)N3CC(C(=O)O[C@@H](Cc4c(Cl)cncc4Cl)c4ccc(OC(F)F)c(OCC5CC5)c4)C3)cc2)c1)O[C@H]1CN2CCC1CC2. The first-order valence-electron chi connectivity index (χ1n) is 22.8. The number of pyridine rings is 1. The summed E-state index contributed by atoms with van der Waals surface area (Å²) in [6.07, 6.45) is 6.27. The first-order valence-corrected chi connectivity index (χ1v) is 23.6. The lowest BCUT2D eigenvalue weighted by molar-refractivity contribution is -0.160. The smallest absolute Gasteiger partial charge is 0.387 e. The summed E-state index contributed by atoms with van der Waals surface area (Å²) in [4.78, 5) is 48.6. The fourth-order valence-electron chi connectivity index (χ4n) is 9.05. The number of likely N-dealkylation sites (tertiary alicyclic amines) is 1. The fourth-order valence-corrected chi connectivity index (χ4v) is 9.57. The van der Waals surface area contributed by atoms with Crippen LogP contribution in [0, 0.1) is 17.8 Å². The Morgan fingerprint density at radius 2 is 1.49 bits per heavy atom. The van der Waals surface area contributed by atoms with E-state index in [9.17, 15) is 23.2 Å². The maximum absolute atomic E-state index is 13.7. The van der Waals surface area contributed by atoms with Gasteiger partial charge in [0, 0.05) is 49.9 Å². The maximum Gasteiger partial charge on any atom is 0.387 e. The van der Waals surface area contributed by atoms with Crippen LogP contribution in [0.1, 0.15) is 82.3 Å². The third-order valence-electron chi connectivity index (χ3n) is 13.1. The normalized spacial score (nSPS) is 19.8. The van der Waals surface area contributed by atoms with E-state index in [0.29, 0.717) is 40.9 Å². The van der Waals surface area contributed by atoms with Crippen molar-refractivity contribution in [1.82, 2.24) is 14.8 Å². The number of esters is 2. The van der Waals surface area contributed by atoms with E-state index in [1.807, 2.05) is 66.7 Å². The van der Waals surface area contributed by atoms with Gasteiger partial charge in [0.25, 0.3) is 5.91 Å². The minimum absolute atomic E-state index is 0.0528. The van der Waals surface area contributed by atoms with E-state index in [1.165, 1.54) is 30.6 Å². The number of piperidine rings is 3. The summed E-state index contributed by atoms with van der Waals surface area (Å²) in [5.41, 5.74) is 4.23. The Morgan fingerprint density at radius 1 is 0.761 bits per heavy atom. The Morgan fingerprint density at radius 3 is 2.18 bits per heavy atom. The number of ether oxygens (including phenoxy) is 5. The number of carbonyl (C=O) groups is 3. The highest BCUT2D eigenvalue weighted by atomic mass is 35.5. The van der Waals surface area contributed by atoms with E-state index in [-0.39, 0.29) is 78.0 Å². The predicted octanol–water partition coefficient (Wildman–Crippen LogP) is 10.1. The molecular weight excluding hydrogens is 903 g/mol. The molecule has 1 amide bonds. The number of hydrogen-bond donors (Lipinski definition) is 0. The van der Waals surface area contributed by atoms with Crippen molar-refractivity contribution < 1.29 is 46.8 Å². The zero-order valence-electron chi connectivity index (χ0n) is 36.7. The van der Waals surface area contributed by atoms with Gasteiger partial charge < -0.3 is 28.6 Å². The van der Waals surface area contributed by atoms with Crippen molar-refractivity contribution >= 4 is 41.0 Å². The molecule has 67 heavy (non-hydrogen) atoms. The fraction of sp³-hybridized carbons (Fsp3) is 0.385. The summed E-state index contributed by atoms with van der Waals surface area (Å²) in [5.74, 6) is -0.401. The van der Waals surface area contributed by atoms with E-state index in [1.54, 1.807) is 17.0 Å². The van der Waals surface area contributed by atoms with Gasteiger partial charge in [-0.2, -0.15) is 8.78 Å². The highest BCUT2D eigenvalue weighted by molar-refractivity contribution is 6.35. The molecule has 10 rings (SSSR count). The monoisotopic (exact) mass is 953 g/mol. The summed E-state index contributed by atoms with van der Waals surface area (Å²) < 4.78 is 55.6. The number of aromatic nitrogens is 1. The van der Waals surface area contributed by atoms with Crippen molar-refractivity contribution in [3.05, 3.63) is 153 Å². The first kappa shape index (κ1) is 46.4. The lowest BCUT2D eigenvalue weighted by Gasteiger charge is -2.44. The molecule has 5 fully saturated rings. The Balaban J connectivity index is 0.806. The van der Waals surface area contributed by atoms with Crippen molar-refractivity contribution in [2.24, 2.45) is 17.8 Å². The first-order chi connectivity index (χ1) is 32.5. The number of carbonyl (C=O) groups excluding carboxylic acids is 3. The topological polar surface area (TPSA) is 117 Å². The molecule has 1 saturated carbocycles. The average Bonchev–Trinajstić information content (AvgIpc) is 4.16. The Kier molecular flexibility index (Phi) is 14.6. The molecule has 0 spiro atoms. The van der Waals surface area contributed by atoms with Crippen LogP contribution in [0.2, 0.25) is 10.0 Å². The van der Waals surface area contributed by atoms with Crippen molar-refractivity contribution in [3.63, 3.8) is 0 Å². The second-order valence-electron chi connectivity index (χ2n) is 17.8. The van der Waals surface area contributed by atoms with Gasteiger partial charge in [-0.15, -0.1) is 0 Å². The summed E-state index contributed by atoms with van der Waals surface area (Å²) in [5, 5.41) is 0.538. The quantitative estimate of drug-likeness (QED) is 0.0741. The molecule has 5 heterocycles. The number of halogens is 4. The largest absolute Gasteiger partial charge is 0.489 e. The highest BCUT2D eigenvalue weighted by Crippen LogP contribution is 2.39. The van der Waals surface area contributed by atoms with Crippen LogP contribution >= 0.6 is 23.2 Å². The average molecular weight is 955 g/mol. The standard InChI is InChI=1S/C52H51Cl2F2N3O8/c53-43-25-57-26-44(54)42(43)23-46(38-15-16-45(67-52(55)56)47(22-38)64-31-32-9-10-32)66-51(62)39-27-59(28-39)50(61)36-13-11-33(12-14-36)30-63-40-8-4-7-37(21-40)41(34-5-2-1-3-6-34)24-49(60)65-48-29-58-19-17-35(48)18-20-58/h1-8,11-16,21-22,25-26,32,35,39,41,46,48,52H,9-10,17-20,23-24,27-31H2/t41-,46-,48-/m0/s1. The zero-order valence-corrected chi connectivity index (χ0v) is 38.3. The van der Waals surface area contributed by atoms with Gasteiger partial charge in [-0.3, -0.25) is 24.3 Å². The van der Waals surface area contributed by atoms with E-state index in [0.717, 1.165) is 62.0 Å². The molecule has 4 saturated heterocycles. The van der Waals surface area contributed by atoms with Crippen LogP contribution in [0.5, 0.6) is 17.2 Å². The molecule has 1 aromatic heterocycles. The van der Waals surface area contributed by atoms with Gasteiger partial charge in [0.15, 0.2) is 11.5 Å². The molecule has 3 atom stereocenters. The number of benzene rings is 4. The van der Waals surface area contributed by atoms with E-state index < -0.39 is 24.6 Å². The van der Waals surface area contributed by atoms with Crippen LogP contribution in [0.3, 0.4) is 0 Å². The molecule has 0 radical (unpaired) electrons. The third kappa shape index (κ3) is 11.7. The van der Waals surface area contributed by atoms with Crippen LogP contribution in [0.25, 0.3) is 0 Å². The van der Waals surface area contributed by atoms with Gasteiger partial charge >= 0.3 is 18.6 Å². The van der Waals surface area contributed by atoms with Gasteiger partial charge in [0.2, 0.25) is 0 Å². The zero-order chi connectivity index (χ0) is 46.4. The second-order valence-corrected chi connectivity index (χ2v) is 18.7. The molecule has 4 aliphatic heterocycles. The van der Waals surface area contributed by atoms with E-state index in [4.69, 9.17) is 46.9 Å². The summed E-state index contributed by atoms with van der Waals surface area (Å²) >= 11 is 12.9. The third-order valence-corrected chi connectivity index (χ3v) is 13.8. The summed E-state index contributed by atoms with van der Waals surface area (Å²) in [6.45, 7) is 0.773. The van der Waals surface area contributed by atoms with Crippen molar-refractivity contribution in [3.8, 4) is 17.2 Å². The molecule has 15 heteroatoms. The number of rotatable bonds is 19. The molecule has 5 aliphatic rings. The van der Waals surface area contributed by atoms with Crippen molar-refractivity contribution in [1.29, 1.82) is 0 Å². The van der Waals surface area contributed by atoms with Crippen LogP contribution in [-0.2, 0) is 32.1 Å². The molecule has 11 nitrogen and oxygen atoms in total. The number of fused-ring (bicyclic) bond motifs is 3. The minimum atomic E-state index is -3.06.